The highest BCUT2D eigenvalue weighted by Crippen LogP contribution is 2.19. The van der Waals surface area contributed by atoms with Crippen molar-refractivity contribution in [3.63, 3.8) is 0 Å². The van der Waals surface area contributed by atoms with Crippen molar-refractivity contribution in [1.82, 2.24) is 15.5 Å². The highest BCUT2D eigenvalue weighted by atomic mass is 16.6. The fraction of sp³-hybridized carbons (Fsp3) is 0.682. The van der Waals surface area contributed by atoms with Gasteiger partial charge in [0.2, 0.25) is 0 Å². The van der Waals surface area contributed by atoms with E-state index >= 15 is 0 Å². The number of furan rings is 1. The highest BCUT2D eigenvalue weighted by molar-refractivity contribution is 5.95. The number of carbonyl (C=O) groups is 3. The monoisotopic (exact) mass is 419 g/mol. The number of piperidine rings is 1. The van der Waals surface area contributed by atoms with Crippen LogP contribution in [0.4, 0.5) is 4.79 Å². The summed E-state index contributed by atoms with van der Waals surface area (Å²) in [5, 5.41) is 5.92. The van der Waals surface area contributed by atoms with Gasteiger partial charge in [-0.05, 0) is 58.6 Å². The number of hydrogen-bond acceptors (Lipinski definition) is 5. The summed E-state index contributed by atoms with van der Waals surface area (Å²) in [6.45, 7) is 6.56. The van der Waals surface area contributed by atoms with Gasteiger partial charge < -0.3 is 24.7 Å². The number of rotatable bonds is 4. The number of amides is 3. The first-order valence-corrected chi connectivity index (χ1v) is 10.9. The molecule has 3 rings (SSSR count). The summed E-state index contributed by atoms with van der Waals surface area (Å²) in [5.74, 6) is -0.335. The maximum atomic E-state index is 12.5. The molecule has 1 saturated carbocycles. The zero-order valence-corrected chi connectivity index (χ0v) is 18.2. The Balaban J connectivity index is 1.45. The van der Waals surface area contributed by atoms with Crippen molar-refractivity contribution >= 4 is 17.9 Å². The Kier molecular flexibility index (Phi) is 7.05. The van der Waals surface area contributed by atoms with Crippen molar-refractivity contribution in [2.24, 2.45) is 0 Å². The molecule has 2 fully saturated rings. The van der Waals surface area contributed by atoms with Crippen molar-refractivity contribution in [2.45, 2.75) is 83.4 Å². The molecule has 2 N–H and O–H groups in total. The number of nitrogens with zero attached hydrogens (tertiary/aromatic N) is 1. The number of hydrogen-bond donors (Lipinski definition) is 2. The van der Waals surface area contributed by atoms with Gasteiger partial charge in [-0.3, -0.25) is 9.59 Å². The minimum absolute atomic E-state index is 0.0548. The zero-order chi connectivity index (χ0) is 21.7. The van der Waals surface area contributed by atoms with Crippen LogP contribution in [0.5, 0.6) is 0 Å². The molecule has 8 heteroatoms. The van der Waals surface area contributed by atoms with Crippen molar-refractivity contribution in [1.29, 1.82) is 0 Å². The molecule has 2 aliphatic rings. The molecule has 30 heavy (non-hydrogen) atoms. The van der Waals surface area contributed by atoms with Gasteiger partial charge in [-0.1, -0.05) is 19.3 Å². The first kappa shape index (κ1) is 22.2. The lowest BCUT2D eigenvalue weighted by Gasteiger charge is -2.33. The molecule has 1 aromatic rings. The molecule has 0 aromatic carbocycles. The largest absolute Gasteiger partial charge is 0.446 e. The lowest BCUT2D eigenvalue weighted by Crippen LogP contribution is -2.47. The van der Waals surface area contributed by atoms with Crippen LogP contribution in [0.15, 0.2) is 16.5 Å². The first-order chi connectivity index (χ1) is 14.2. The van der Waals surface area contributed by atoms with E-state index in [-0.39, 0.29) is 41.5 Å². The fourth-order valence-corrected chi connectivity index (χ4v) is 3.87. The van der Waals surface area contributed by atoms with Crippen LogP contribution in [0.25, 0.3) is 0 Å². The van der Waals surface area contributed by atoms with Crippen LogP contribution in [-0.4, -0.2) is 53.6 Å². The van der Waals surface area contributed by atoms with E-state index in [1.54, 1.807) is 4.90 Å². The third kappa shape index (κ3) is 6.24. The number of likely N-dealkylation sites (tertiary alicyclic amines) is 1. The molecule has 166 valence electrons. The zero-order valence-electron chi connectivity index (χ0n) is 18.2. The summed E-state index contributed by atoms with van der Waals surface area (Å²) in [4.78, 5) is 38.7. The average molecular weight is 420 g/mol. The van der Waals surface area contributed by atoms with E-state index in [4.69, 9.17) is 9.15 Å². The van der Waals surface area contributed by atoms with Crippen LogP contribution >= 0.6 is 0 Å². The van der Waals surface area contributed by atoms with E-state index in [0.29, 0.717) is 25.9 Å². The second-order valence-corrected chi connectivity index (χ2v) is 9.19. The predicted molar refractivity (Wildman–Crippen MR) is 111 cm³/mol. The van der Waals surface area contributed by atoms with Crippen LogP contribution in [0, 0.1) is 0 Å². The molecule has 1 aromatic heterocycles. The van der Waals surface area contributed by atoms with Crippen molar-refractivity contribution < 1.29 is 23.5 Å². The summed E-state index contributed by atoms with van der Waals surface area (Å²) < 4.78 is 10.9. The Bertz CT molecular complexity index is 753. The van der Waals surface area contributed by atoms with Gasteiger partial charge in [0.05, 0.1) is 0 Å². The third-order valence-electron chi connectivity index (χ3n) is 5.48. The van der Waals surface area contributed by atoms with E-state index in [9.17, 15) is 14.4 Å². The maximum absolute atomic E-state index is 12.5. The van der Waals surface area contributed by atoms with Crippen molar-refractivity contribution in [2.75, 3.05) is 13.1 Å². The Morgan fingerprint density at radius 2 is 1.40 bits per heavy atom. The highest BCUT2D eigenvalue weighted by Gasteiger charge is 2.28. The molecule has 0 bridgehead atoms. The maximum Gasteiger partial charge on any atom is 0.410 e. The summed E-state index contributed by atoms with van der Waals surface area (Å²) in [5.41, 5.74) is -0.525. The molecular weight excluding hydrogens is 386 g/mol. The minimum atomic E-state index is -0.525. The van der Waals surface area contributed by atoms with Crippen LogP contribution in [-0.2, 0) is 4.74 Å². The molecule has 1 aliphatic carbocycles. The van der Waals surface area contributed by atoms with Gasteiger partial charge in [-0.15, -0.1) is 0 Å². The molecule has 3 amide bonds. The molecule has 0 unspecified atom stereocenters. The summed E-state index contributed by atoms with van der Waals surface area (Å²) in [6.07, 6.45) is 6.40. The molecular formula is C22H33N3O5. The summed E-state index contributed by atoms with van der Waals surface area (Å²) in [7, 11) is 0. The standard InChI is InChI=1S/C22H33N3O5/c1-22(2,3)30-21(28)25-13-11-16(12-14-25)24-20(27)18-10-9-17(29-18)19(26)23-15-7-5-4-6-8-15/h9-10,15-16H,4-8,11-14H2,1-3H3,(H,23,26)(H,24,27). The Morgan fingerprint density at radius 1 is 0.900 bits per heavy atom. The second-order valence-electron chi connectivity index (χ2n) is 9.19. The molecule has 2 heterocycles. The van der Waals surface area contributed by atoms with Gasteiger partial charge >= 0.3 is 6.09 Å². The molecule has 0 atom stereocenters. The molecule has 8 nitrogen and oxygen atoms in total. The van der Waals surface area contributed by atoms with E-state index in [0.717, 1.165) is 25.7 Å². The van der Waals surface area contributed by atoms with E-state index < -0.39 is 5.60 Å². The second kappa shape index (κ2) is 9.53. The van der Waals surface area contributed by atoms with Crippen LogP contribution < -0.4 is 10.6 Å². The van der Waals surface area contributed by atoms with Gasteiger partial charge in [-0.25, -0.2) is 4.79 Å². The third-order valence-corrected chi connectivity index (χ3v) is 5.48. The quantitative estimate of drug-likeness (QED) is 0.778. The van der Waals surface area contributed by atoms with Gasteiger partial charge in [0.1, 0.15) is 5.60 Å². The van der Waals surface area contributed by atoms with Gasteiger partial charge in [0.15, 0.2) is 11.5 Å². The van der Waals surface area contributed by atoms with Crippen LogP contribution in [0.2, 0.25) is 0 Å². The van der Waals surface area contributed by atoms with Gasteiger partial charge in [-0.2, -0.15) is 0 Å². The van der Waals surface area contributed by atoms with Crippen molar-refractivity contribution in [3.05, 3.63) is 23.7 Å². The molecule has 1 saturated heterocycles. The number of ether oxygens (including phenoxy) is 1. The van der Waals surface area contributed by atoms with E-state index in [1.165, 1.54) is 18.6 Å². The lowest BCUT2D eigenvalue weighted by atomic mass is 9.95. The fourth-order valence-electron chi connectivity index (χ4n) is 3.87. The van der Waals surface area contributed by atoms with E-state index in [2.05, 4.69) is 10.6 Å². The Hall–Kier alpha value is -2.51. The van der Waals surface area contributed by atoms with Gasteiger partial charge in [0.25, 0.3) is 11.8 Å². The summed E-state index contributed by atoms with van der Waals surface area (Å²) in [6, 6.07) is 3.20. The van der Waals surface area contributed by atoms with Crippen LogP contribution in [0.1, 0.15) is 86.8 Å². The smallest absolute Gasteiger partial charge is 0.410 e. The number of nitrogens with one attached hydrogen (secondary N) is 2. The Labute approximate surface area is 177 Å². The predicted octanol–water partition coefficient (Wildman–Crippen LogP) is 3.47. The number of carbonyl (C=O) groups excluding carboxylic acids is 3. The molecule has 1 aliphatic heterocycles. The van der Waals surface area contributed by atoms with Gasteiger partial charge in [0, 0.05) is 25.2 Å². The minimum Gasteiger partial charge on any atom is -0.446 e. The Morgan fingerprint density at radius 3 is 1.90 bits per heavy atom. The molecule has 0 radical (unpaired) electrons. The van der Waals surface area contributed by atoms with Crippen LogP contribution in [0.3, 0.4) is 0 Å². The van der Waals surface area contributed by atoms with Crippen molar-refractivity contribution in [3.8, 4) is 0 Å². The lowest BCUT2D eigenvalue weighted by molar-refractivity contribution is 0.0199. The topological polar surface area (TPSA) is 101 Å². The normalized spacial score (nSPS) is 18.7. The molecule has 0 spiro atoms. The van der Waals surface area contributed by atoms with E-state index in [1.807, 2.05) is 20.8 Å². The SMILES string of the molecule is CC(C)(C)OC(=O)N1CCC(NC(=O)c2ccc(C(=O)NC3CCCCC3)o2)CC1. The average Bonchev–Trinajstić information content (AvgIpc) is 3.18. The summed E-state index contributed by atoms with van der Waals surface area (Å²) >= 11 is 0. The first-order valence-electron chi connectivity index (χ1n) is 10.9.